The van der Waals surface area contributed by atoms with Crippen LogP contribution in [0.5, 0.6) is 0 Å². The summed E-state index contributed by atoms with van der Waals surface area (Å²) in [5.74, 6) is -3.74. The first-order valence-electron chi connectivity index (χ1n) is 11.3. The van der Waals surface area contributed by atoms with Gasteiger partial charge in [-0.25, -0.2) is 0 Å². The summed E-state index contributed by atoms with van der Waals surface area (Å²) in [6, 6.07) is 0. The summed E-state index contributed by atoms with van der Waals surface area (Å²) in [4.78, 5) is 39.6. The fourth-order valence-electron chi connectivity index (χ4n) is 5.44. The molecule has 0 aromatic heterocycles. The van der Waals surface area contributed by atoms with E-state index in [0.717, 1.165) is 6.42 Å². The van der Waals surface area contributed by atoms with Gasteiger partial charge in [-0.3, -0.25) is 14.4 Å². The number of fused-ring (bicyclic) bond motifs is 3. The topological polar surface area (TPSA) is 60.4 Å². The standard InChI is InChI=1S/C26H32Cl2O4/c1-14-12-16(3)21-19(13-14)10-11-20-15(2)8-6-7-9-17(4)32-25(31)18(5)23(29)26(27,28)24(30)22(20)21/h6-12,15-22H,13H2,1-5H3. The highest BCUT2D eigenvalue weighted by molar-refractivity contribution is 6.68. The zero-order chi connectivity index (χ0) is 23.8. The van der Waals surface area contributed by atoms with Crippen LogP contribution in [0.1, 0.15) is 41.0 Å². The maximum absolute atomic E-state index is 13.9. The minimum atomic E-state index is -2.32. The van der Waals surface area contributed by atoms with Crippen molar-refractivity contribution < 1.29 is 19.1 Å². The molecular weight excluding hydrogens is 447 g/mol. The van der Waals surface area contributed by atoms with Crippen LogP contribution in [-0.2, 0) is 19.1 Å². The van der Waals surface area contributed by atoms with E-state index >= 15 is 0 Å². The molecule has 174 valence electrons. The van der Waals surface area contributed by atoms with Crippen LogP contribution in [-0.4, -0.2) is 28.0 Å². The van der Waals surface area contributed by atoms with E-state index in [-0.39, 0.29) is 29.6 Å². The molecule has 32 heavy (non-hydrogen) atoms. The Hall–Kier alpha value is -1.65. The lowest BCUT2D eigenvalue weighted by Crippen LogP contribution is -2.52. The van der Waals surface area contributed by atoms with Crippen molar-refractivity contribution in [2.45, 2.75) is 51.5 Å². The van der Waals surface area contributed by atoms with E-state index in [1.54, 1.807) is 13.0 Å². The van der Waals surface area contributed by atoms with E-state index in [2.05, 4.69) is 39.0 Å². The first-order valence-corrected chi connectivity index (χ1v) is 12.1. The van der Waals surface area contributed by atoms with Crippen molar-refractivity contribution in [1.82, 2.24) is 0 Å². The number of rotatable bonds is 0. The largest absolute Gasteiger partial charge is 0.458 e. The van der Waals surface area contributed by atoms with E-state index < -0.39 is 39.8 Å². The molecule has 0 N–H and O–H groups in total. The van der Waals surface area contributed by atoms with Gasteiger partial charge in [-0.05, 0) is 62.9 Å². The van der Waals surface area contributed by atoms with Crippen LogP contribution in [0.3, 0.4) is 0 Å². The van der Waals surface area contributed by atoms with Crippen LogP contribution in [0.4, 0.5) is 0 Å². The minimum Gasteiger partial charge on any atom is -0.458 e. The Morgan fingerprint density at radius 3 is 2.25 bits per heavy atom. The Balaban J connectivity index is 2.11. The molecule has 1 heterocycles. The lowest BCUT2D eigenvalue weighted by Gasteiger charge is -2.46. The van der Waals surface area contributed by atoms with Crippen LogP contribution in [0.15, 0.2) is 48.1 Å². The number of ether oxygens (including phenoxy) is 1. The summed E-state index contributed by atoms with van der Waals surface area (Å²) in [5.41, 5.74) is 1.29. The highest BCUT2D eigenvalue weighted by Crippen LogP contribution is 2.50. The SMILES string of the molecule is CC1=CC(C)C2C(C=CC3C(C)C=CC=CC(C)OC(=O)C(C)C(=O)C(Cl)(Cl)C(=O)C32)C1. The third-order valence-corrected chi connectivity index (χ3v) is 7.85. The van der Waals surface area contributed by atoms with Gasteiger partial charge in [0.15, 0.2) is 11.6 Å². The van der Waals surface area contributed by atoms with Crippen LogP contribution < -0.4 is 0 Å². The molecule has 4 nitrogen and oxygen atoms in total. The molecule has 8 atom stereocenters. The van der Waals surface area contributed by atoms with Crippen molar-refractivity contribution in [3.63, 3.8) is 0 Å². The van der Waals surface area contributed by atoms with Crippen molar-refractivity contribution in [2.75, 3.05) is 0 Å². The highest BCUT2D eigenvalue weighted by Gasteiger charge is 2.55. The van der Waals surface area contributed by atoms with Gasteiger partial charge in [-0.15, -0.1) is 0 Å². The monoisotopic (exact) mass is 478 g/mol. The Labute approximate surface area is 200 Å². The van der Waals surface area contributed by atoms with Gasteiger partial charge in [-0.1, -0.05) is 79.1 Å². The normalized spacial score (nSPS) is 40.1. The molecule has 0 aromatic rings. The molecule has 6 heteroatoms. The van der Waals surface area contributed by atoms with E-state index in [9.17, 15) is 14.4 Å². The Bertz CT molecular complexity index is 898. The first-order chi connectivity index (χ1) is 14.9. The zero-order valence-electron chi connectivity index (χ0n) is 19.3. The summed E-state index contributed by atoms with van der Waals surface area (Å²) in [6.45, 7) is 9.35. The van der Waals surface area contributed by atoms with Crippen LogP contribution in [0, 0.1) is 41.4 Å². The van der Waals surface area contributed by atoms with Gasteiger partial charge >= 0.3 is 5.97 Å². The predicted molar refractivity (Wildman–Crippen MR) is 127 cm³/mol. The third kappa shape index (κ3) is 4.82. The molecule has 2 aliphatic carbocycles. The summed E-state index contributed by atoms with van der Waals surface area (Å²) < 4.78 is 3.01. The van der Waals surface area contributed by atoms with Crippen molar-refractivity contribution >= 4 is 40.7 Å². The molecule has 0 spiro atoms. The van der Waals surface area contributed by atoms with Crippen molar-refractivity contribution in [3.8, 4) is 0 Å². The number of carbonyl (C=O) groups excluding carboxylic acids is 3. The van der Waals surface area contributed by atoms with Gasteiger partial charge in [0, 0.05) is 5.92 Å². The number of alkyl halides is 2. The zero-order valence-corrected chi connectivity index (χ0v) is 20.8. The average molecular weight is 479 g/mol. The molecule has 3 rings (SSSR count). The van der Waals surface area contributed by atoms with Crippen molar-refractivity contribution in [3.05, 3.63) is 48.1 Å². The van der Waals surface area contributed by atoms with Crippen LogP contribution in [0.25, 0.3) is 0 Å². The molecule has 0 saturated heterocycles. The maximum atomic E-state index is 13.9. The quantitative estimate of drug-likeness (QED) is 0.195. The number of carbonyl (C=O) groups is 3. The molecule has 0 aromatic carbocycles. The van der Waals surface area contributed by atoms with E-state index in [1.807, 2.05) is 18.2 Å². The molecule has 1 aliphatic heterocycles. The van der Waals surface area contributed by atoms with E-state index in [4.69, 9.17) is 27.9 Å². The number of ketones is 2. The van der Waals surface area contributed by atoms with Gasteiger partial charge in [0.2, 0.25) is 4.33 Å². The predicted octanol–water partition coefficient (Wildman–Crippen LogP) is 5.65. The minimum absolute atomic E-state index is 0.0162. The molecule has 3 aliphatic rings. The molecule has 0 fully saturated rings. The van der Waals surface area contributed by atoms with Crippen LogP contribution >= 0.6 is 23.2 Å². The molecule has 0 bridgehead atoms. The fraction of sp³-hybridized carbons (Fsp3) is 0.577. The van der Waals surface area contributed by atoms with Gasteiger partial charge < -0.3 is 4.74 Å². The number of hydrogen-bond acceptors (Lipinski definition) is 4. The lowest BCUT2D eigenvalue weighted by atomic mass is 9.58. The highest BCUT2D eigenvalue weighted by atomic mass is 35.5. The van der Waals surface area contributed by atoms with Gasteiger partial charge in [0.25, 0.3) is 0 Å². The van der Waals surface area contributed by atoms with Crippen molar-refractivity contribution in [2.24, 2.45) is 41.4 Å². The molecule has 8 unspecified atom stereocenters. The summed E-state index contributed by atoms with van der Waals surface area (Å²) in [7, 11) is 0. The van der Waals surface area contributed by atoms with Gasteiger partial charge in [0.05, 0.1) is 0 Å². The second-order valence-corrected chi connectivity index (χ2v) is 10.9. The van der Waals surface area contributed by atoms with E-state index in [0.29, 0.717) is 0 Å². The number of cyclic esters (lactones) is 1. The number of halogens is 2. The second-order valence-electron chi connectivity index (χ2n) is 9.60. The Morgan fingerprint density at radius 1 is 0.906 bits per heavy atom. The second kappa shape index (κ2) is 9.69. The summed E-state index contributed by atoms with van der Waals surface area (Å²) in [5, 5.41) is 0. The molecular formula is C26H32Cl2O4. The molecule has 0 saturated carbocycles. The Kier molecular flexibility index (Phi) is 7.56. The van der Waals surface area contributed by atoms with Crippen LogP contribution in [0.2, 0.25) is 0 Å². The van der Waals surface area contributed by atoms with Gasteiger partial charge in [0.1, 0.15) is 12.0 Å². The molecule has 0 amide bonds. The fourth-order valence-corrected chi connectivity index (χ4v) is 6.02. The lowest BCUT2D eigenvalue weighted by molar-refractivity contribution is -0.154. The van der Waals surface area contributed by atoms with Gasteiger partial charge in [-0.2, -0.15) is 0 Å². The molecule has 0 radical (unpaired) electrons. The maximum Gasteiger partial charge on any atom is 0.316 e. The smallest absolute Gasteiger partial charge is 0.316 e. The average Bonchev–Trinajstić information content (AvgIpc) is 2.73. The third-order valence-electron chi connectivity index (χ3n) is 7.10. The Morgan fingerprint density at radius 2 is 1.56 bits per heavy atom. The number of Topliss-reactive ketones (excluding diaryl/α,β-unsaturated/α-hetero) is 2. The van der Waals surface area contributed by atoms with E-state index in [1.165, 1.54) is 12.5 Å². The van der Waals surface area contributed by atoms with Crippen molar-refractivity contribution in [1.29, 1.82) is 0 Å². The summed E-state index contributed by atoms with van der Waals surface area (Å²) >= 11 is 13.0. The first kappa shape index (κ1) is 25.0. The number of esters is 1. The number of hydrogen-bond donors (Lipinski definition) is 0. The number of allylic oxidation sites excluding steroid dienone is 7. The summed E-state index contributed by atoms with van der Waals surface area (Å²) in [6.07, 6.45) is 14.3.